The van der Waals surface area contributed by atoms with E-state index in [9.17, 15) is 13.2 Å². The smallest absolute Gasteiger partial charge is 0.287 e. The summed E-state index contributed by atoms with van der Waals surface area (Å²) < 4.78 is 32.8. The third-order valence-corrected chi connectivity index (χ3v) is 4.00. The third-order valence-electron chi connectivity index (χ3n) is 2.98. The lowest BCUT2D eigenvalue weighted by Gasteiger charge is -2.07. The SMILES string of the molecule is Cc1oc(C(=O)NCC2CCOC2)cc1S(N)(=O)=O. The van der Waals surface area contributed by atoms with Crippen LogP contribution in [0.15, 0.2) is 15.4 Å². The van der Waals surface area contributed by atoms with Crippen molar-refractivity contribution in [3.05, 3.63) is 17.6 Å². The predicted molar refractivity (Wildman–Crippen MR) is 66.1 cm³/mol. The number of nitrogens with two attached hydrogens (primary N) is 1. The Morgan fingerprint density at radius 1 is 1.58 bits per heavy atom. The number of hydrogen-bond acceptors (Lipinski definition) is 5. The molecule has 0 spiro atoms. The van der Waals surface area contributed by atoms with Crippen molar-refractivity contribution in [3.63, 3.8) is 0 Å². The molecule has 1 amide bonds. The van der Waals surface area contributed by atoms with Gasteiger partial charge in [-0.25, -0.2) is 13.6 Å². The van der Waals surface area contributed by atoms with Crippen molar-refractivity contribution in [1.82, 2.24) is 5.32 Å². The lowest BCUT2D eigenvalue weighted by Crippen LogP contribution is -2.29. The van der Waals surface area contributed by atoms with Crippen LogP contribution < -0.4 is 10.5 Å². The molecule has 1 fully saturated rings. The molecule has 3 N–H and O–H groups in total. The van der Waals surface area contributed by atoms with Gasteiger partial charge in [0.2, 0.25) is 10.0 Å². The lowest BCUT2D eigenvalue weighted by molar-refractivity contribution is 0.0916. The summed E-state index contributed by atoms with van der Waals surface area (Å²) in [5, 5.41) is 7.69. The minimum Gasteiger partial charge on any atom is -0.455 e. The average molecular weight is 288 g/mol. The largest absolute Gasteiger partial charge is 0.455 e. The van der Waals surface area contributed by atoms with Crippen molar-refractivity contribution < 1.29 is 22.4 Å². The van der Waals surface area contributed by atoms with E-state index in [0.717, 1.165) is 12.5 Å². The molecule has 0 saturated carbocycles. The summed E-state index contributed by atoms with van der Waals surface area (Å²) >= 11 is 0. The molecule has 106 valence electrons. The molecule has 1 atom stereocenters. The molecule has 0 aromatic carbocycles. The minimum absolute atomic E-state index is 0.0551. The van der Waals surface area contributed by atoms with Gasteiger partial charge >= 0.3 is 0 Å². The summed E-state index contributed by atoms with van der Waals surface area (Å²) in [6.45, 7) is 3.25. The normalized spacial score (nSPS) is 19.6. The van der Waals surface area contributed by atoms with Gasteiger partial charge < -0.3 is 14.5 Å². The highest BCUT2D eigenvalue weighted by molar-refractivity contribution is 7.89. The highest BCUT2D eigenvalue weighted by Crippen LogP contribution is 2.18. The van der Waals surface area contributed by atoms with Crippen LogP contribution in [0.2, 0.25) is 0 Å². The quantitative estimate of drug-likeness (QED) is 0.810. The Morgan fingerprint density at radius 2 is 2.32 bits per heavy atom. The summed E-state index contributed by atoms with van der Waals surface area (Å²) in [6, 6.07) is 1.14. The van der Waals surface area contributed by atoms with Crippen molar-refractivity contribution >= 4 is 15.9 Å². The fourth-order valence-corrected chi connectivity index (χ4v) is 2.64. The molecule has 0 radical (unpaired) electrons. The standard InChI is InChI=1S/C11H16N2O5S/c1-7-10(19(12,15)16)4-9(18-7)11(14)13-5-8-2-3-17-6-8/h4,8H,2-3,5-6H2,1H3,(H,13,14)(H2,12,15,16). The van der Waals surface area contributed by atoms with Crippen molar-refractivity contribution in [2.45, 2.75) is 18.2 Å². The van der Waals surface area contributed by atoms with Crippen LogP contribution in [0, 0.1) is 12.8 Å². The number of rotatable bonds is 4. The van der Waals surface area contributed by atoms with Crippen LogP contribution in [-0.4, -0.2) is 34.1 Å². The maximum Gasteiger partial charge on any atom is 0.287 e. The highest BCUT2D eigenvalue weighted by Gasteiger charge is 2.22. The van der Waals surface area contributed by atoms with Gasteiger partial charge in [-0.1, -0.05) is 0 Å². The van der Waals surface area contributed by atoms with E-state index in [4.69, 9.17) is 14.3 Å². The molecule has 0 bridgehead atoms. The van der Waals surface area contributed by atoms with Crippen molar-refractivity contribution in [1.29, 1.82) is 0 Å². The zero-order chi connectivity index (χ0) is 14.0. The molecule has 1 aliphatic rings. The van der Waals surface area contributed by atoms with Crippen molar-refractivity contribution in [3.8, 4) is 0 Å². The number of ether oxygens (including phenoxy) is 1. The predicted octanol–water partition coefficient (Wildman–Crippen LogP) is 0.00172. The van der Waals surface area contributed by atoms with Gasteiger partial charge in [0.1, 0.15) is 10.7 Å². The summed E-state index contributed by atoms with van der Waals surface area (Å²) in [7, 11) is -3.87. The molecule has 7 nitrogen and oxygen atoms in total. The molecule has 8 heteroatoms. The highest BCUT2D eigenvalue weighted by atomic mass is 32.2. The maximum atomic E-state index is 11.8. The molecule has 2 heterocycles. The molecule has 0 aliphatic carbocycles. The number of primary sulfonamides is 1. The number of nitrogens with one attached hydrogen (secondary N) is 1. The second kappa shape index (κ2) is 5.32. The topological polar surface area (TPSA) is 112 Å². The summed E-state index contributed by atoms with van der Waals surface area (Å²) in [5.41, 5.74) is 0. The van der Waals surface area contributed by atoms with Gasteiger partial charge in [-0.3, -0.25) is 4.79 Å². The maximum absolute atomic E-state index is 11.8. The first kappa shape index (κ1) is 14.0. The van der Waals surface area contributed by atoms with Gasteiger partial charge in [0.05, 0.1) is 6.61 Å². The van der Waals surface area contributed by atoms with E-state index in [-0.39, 0.29) is 22.3 Å². The second-order valence-corrected chi connectivity index (χ2v) is 6.05. The van der Waals surface area contributed by atoms with E-state index in [2.05, 4.69) is 5.32 Å². The molecule has 1 aliphatic heterocycles. The Kier molecular flexibility index (Phi) is 3.93. The summed E-state index contributed by atoms with van der Waals surface area (Å²) in [4.78, 5) is 11.6. The van der Waals surface area contributed by atoms with E-state index in [1.54, 1.807) is 0 Å². The molecule has 1 unspecified atom stereocenters. The number of sulfonamides is 1. The van der Waals surface area contributed by atoms with Crippen LogP contribution in [0.25, 0.3) is 0 Å². The van der Waals surface area contributed by atoms with E-state index in [1.165, 1.54) is 6.92 Å². The molecule has 1 aromatic heterocycles. The van der Waals surface area contributed by atoms with Gasteiger partial charge in [-0.15, -0.1) is 0 Å². The fourth-order valence-electron chi connectivity index (χ4n) is 1.93. The fraction of sp³-hybridized carbons (Fsp3) is 0.545. The average Bonchev–Trinajstić information content (AvgIpc) is 2.93. The van der Waals surface area contributed by atoms with Gasteiger partial charge in [0.25, 0.3) is 5.91 Å². The number of amides is 1. The molecular formula is C11H16N2O5S. The molecule has 1 saturated heterocycles. The minimum atomic E-state index is -3.87. The van der Waals surface area contributed by atoms with Gasteiger partial charge in [0, 0.05) is 25.1 Å². The van der Waals surface area contributed by atoms with E-state index < -0.39 is 15.9 Å². The Hall–Kier alpha value is -1.38. The first-order valence-corrected chi connectivity index (χ1v) is 7.41. The second-order valence-electron chi connectivity index (χ2n) is 4.52. The Bertz CT molecular complexity index is 572. The number of carbonyl (C=O) groups excluding carboxylic acids is 1. The Morgan fingerprint density at radius 3 is 2.84 bits per heavy atom. The van der Waals surface area contributed by atoms with Crippen LogP contribution in [0.1, 0.15) is 22.7 Å². The van der Waals surface area contributed by atoms with Crippen LogP contribution in [-0.2, 0) is 14.8 Å². The summed E-state index contributed by atoms with van der Waals surface area (Å²) in [5.74, 6) is -0.111. The Labute approximate surface area is 111 Å². The number of carbonyl (C=O) groups is 1. The van der Waals surface area contributed by atoms with Gasteiger partial charge in [-0.2, -0.15) is 0 Å². The first-order valence-electron chi connectivity index (χ1n) is 5.87. The lowest BCUT2D eigenvalue weighted by atomic mass is 10.1. The molecule has 1 aromatic rings. The Balaban J connectivity index is 2.03. The summed E-state index contributed by atoms with van der Waals surface area (Å²) in [6.07, 6.45) is 0.903. The monoisotopic (exact) mass is 288 g/mol. The number of furan rings is 1. The van der Waals surface area contributed by atoms with Crippen LogP contribution in [0.5, 0.6) is 0 Å². The third kappa shape index (κ3) is 3.34. The zero-order valence-electron chi connectivity index (χ0n) is 10.5. The number of aryl methyl sites for hydroxylation is 1. The van der Waals surface area contributed by atoms with Crippen LogP contribution in [0.4, 0.5) is 0 Å². The van der Waals surface area contributed by atoms with Gasteiger partial charge in [0.15, 0.2) is 5.76 Å². The number of hydrogen-bond donors (Lipinski definition) is 2. The van der Waals surface area contributed by atoms with Crippen molar-refractivity contribution in [2.24, 2.45) is 11.1 Å². The first-order chi connectivity index (χ1) is 8.88. The van der Waals surface area contributed by atoms with E-state index >= 15 is 0 Å². The van der Waals surface area contributed by atoms with E-state index in [0.29, 0.717) is 19.8 Å². The van der Waals surface area contributed by atoms with Gasteiger partial charge in [-0.05, 0) is 13.3 Å². The van der Waals surface area contributed by atoms with Crippen LogP contribution in [0.3, 0.4) is 0 Å². The molecule has 19 heavy (non-hydrogen) atoms. The zero-order valence-corrected chi connectivity index (χ0v) is 11.3. The van der Waals surface area contributed by atoms with E-state index in [1.807, 2.05) is 0 Å². The molecule has 2 rings (SSSR count). The van der Waals surface area contributed by atoms with Crippen molar-refractivity contribution in [2.75, 3.05) is 19.8 Å². The molecular weight excluding hydrogens is 272 g/mol. The van der Waals surface area contributed by atoms with Crippen LogP contribution >= 0.6 is 0 Å².